The number of thiazole rings is 2. The molecule has 1 aliphatic rings. The number of nitro benzene ring substituents is 2. The molecule has 0 saturated carbocycles. The summed E-state index contributed by atoms with van der Waals surface area (Å²) in [6, 6.07) is 17.3. The summed E-state index contributed by atoms with van der Waals surface area (Å²) in [6.45, 7) is 6.38. The fourth-order valence-electron chi connectivity index (χ4n) is 4.43. The Kier molecular flexibility index (Phi) is 9.70. The molecule has 218 valence electrons. The first-order valence-electron chi connectivity index (χ1n) is 13.2. The molecule has 6 rings (SSSR count). The molecule has 42 heavy (non-hydrogen) atoms. The Hall–Kier alpha value is -3.14. The standard InChI is InChI=1S/C15H20N2OS2.C13H7N3O4S2/c1-3-11-9-17(10-12(4-2)18-11)20-15-16-13-7-5-6-8-14(13)19-15;17-15(18)7-4-5-8(9(6-7)16(19)20)13-14-12-10(21)2-1-3-11(12)22-13/h5-8,11-12H,3-4,9-10H2,1-2H3;1-6,21H. The third-order valence-electron chi connectivity index (χ3n) is 6.61. The lowest BCUT2D eigenvalue weighted by molar-refractivity contribution is -0.393. The van der Waals surface area contributed by atoms with Crippen molar-refractivity contribution in [2.24, 2.45) is 0 Å². The van der Waals surface area contributed by atoms with Gasteiger partial charge < -0.3 is 4.74 Å². The van der Waals surface area contributed by atoms with Crippen molar-refractivity contribution in [3.05, 3.63) is 80.9 Å². The number of nitrogens with zero attached hydrogens (tertiary/aromatic N) is 5. The maximum absolute atomic E-state index is 11.2. The predicted octanol–water partition coefficient (Wildman–Crippen LogP) is 8.26. The van der Waals surface area contributed by atoms with Crippen molar-refractivity contribution in [2.45, 2.75) is 48.1 Å². The summed E-state index contributed by atoms with van der Waals surface area (Å²) in [5.74, 6) is 0. The molecule has 2 aromatic heterocycles. The molecular weight excluding hydrogens is 615 g/mol. The number of benzene rings is 3. The first-order valence-corrected chi connectivity index (χ1v) is 16.1. The van der Waals surface area contributed by atoms with Crippen LogP contribution in [0.3, 0.4) is 0 Å². The van der Waals surface area contributed by atoms with Crippen LogP contribution < -0.4 is 0 Å². The van der Waals surface area contributed by atoms with E-state index >= 15 is 0 Å². The van der Waals surface area contributed by atoms with Crippen LogP contribution in [0.4, 0.5) is 11.4 Å². The number of fused-ring (bicyclic) bond motifs is 2. The second-order valence-electron chi connectivity index (χ2n) is 9.44. The van der Waals surface area contributed by atoms with Crippen molar-refractivity contribution in [3.63, 3.8) is 0 Å². The second-order valence-corrected chi connectivity index (χ2v) is 13.3. The summed E-state index contributed by atoms with van der Waals surface area (Å²) in [5, 5.41) is 22.4. The first-order chi connectivity index (χ1) is 20.2. The SMILES string of the molecule is CCC1CN(Sc2nc3ccccc3s2)CC(CC)O1.O=[N+]([O-])c1ccc(-c2nc3c(S)cccc3s2)c([N+](=O)[O-])c1. The summed E-state index contributed by atoms with van der Waals surface area (Å²) in [7, 11) is 0. The number of hydrogen-bond donors (Lipinski definition) is 1. The average molecular weight is 642 g/mol. The lowest BCUT2D eigenvalue weighted by Crippen LogP contribution is -2.43. The van der Waals surface area contributed by atoms with Crippen molar-refractivity contribution in [3.8, 4) is 10.6 Å². The van der Waals surface area contributed by atoms with Crippen LogP contribution in [0.15, 0.2) is 69.9 Å². The number of morpholine rings is 1. The minimum atomic E-state index is -0.666. The first kappa shape index (κ1) is 30.3. The average Bonchev–Trinajstić information content (AvgIpc) is 3.61. The number of thiol groups is 1. The van der Waals surface area contributed by atoms with Crippen LogP contribution in [0, 0.1) is 20.2 Å². The number of para-hydroxylation sites is 2. The Balaban J connectivity index is 0.000000169. The zero-order valence-electron chi connectivity index (χ0n) is 22.7. The van der Waals surface area contributed by atoms with Crippen molar-refractivity contribution in [2.75, 3.05) is 13.1 Å². The summed E-state index contributed by atoms with van der Waals surface area (Å²) < 4.78 is 11.7. The Morgan fingerprint density at radius 2 is 1.67 bits per heavy atom. The highest BCUT2D eigenvalue weighted by molar-refractivity contribution is 7.98. The number of aromatic nitrogens is 2. The summed E-state index contributed by atoms with van der Waals surface area (Å²) in [4.78, 5) is 30.4. The van der Waals surface area contributed by atoms with E-state index in [9.17, 15) is 20.2 Å². The van der Waals surface area contributed by atoms with Crippen molar-refractivity contribution >= 4 is 79.1 Å². The van der Waals surface area contributed by atoms with Gasteiger partial charge in [-0.1, -0.05) is 32.0 Å². The molecule has 0 amide bonds. The molecule has 14 heteroatoms. The molecule has 0 bridgehead atoms. The van der Waals surface area contributed by atoms with Gasteiger partial charge in [-0.2, -0.15) is 0 Å². The normalized spacial score (nSPS) is 17.2. The highest BCUT2D eigenvalue weighted by Gasteiger charge is 2.27. The molecule has 3 aromatic carbocycles. The van der Waals surface area contributed by atoms with Gasteiger partial charge in [0.25, 0.3) is 11.4 Å². The van der Waals surface area contributed by atoms with Gasteiger partial charge in [0.15, 0.2) is 4.34 Å². The van der Waals surface area contributed by atoms with Gasteiger partial charge in [-0.15, -0.1) is 35.3 Å². The van der Waals surface area contributed by atoms with Gasteiger partial charge in [0.2, 0.25) is 0 Å². The van der Waals surface area contributed by atoms with E-state index in [1.165, 1.54) is 28.2 Å². The molecule has 10 nitrogen and oxygen atoms in total. The van der Waals surface area contributed by atoms with Crippen LogP contribution in [-0.2, 0) is 4.74 Å². The fourth-order valence-corrected chi connectivity index (χ4v) is 8.06. The number of non-ortho nitro benzene ring substituents is 1. The zero-order chi connectivity index (χ0) is 29.8. The number of nitro groups is 2. The van der Waals surface area contributed by atoms with Crippen LogP contribution in [0.5, 0.6) is 0 Å². The number of rotatable bonds is 7. The number of hydrogen-bond acceptors (Lipinski definition) is 12. The molecule has 1 aliphatic heterocycles. The lowest BCUT2D eigenvalue weighted by Gasteiger charge is -2.36. The topological polar surface area (TPSA) is 125 Å². The minimum Gasteiger partial charge on any atom is -0.372 e. The van der Waals surface area contributed by atoms with Gasteiger partial charge in [0.1, 0.15) is 5.01 Å². The van der Waals surface area contributed by atoms with Crippen LogP contribution in [-0.4, -0.2) is 49.4 Å². The van der Waals surface area contributed by atoms with Gasteiger partial charge in [-0.25, -0.2) is 14.3 Å². The summed E-state index contributed by atoms with van der Waals surface area (Å²) >= 11 is 9.15. The monoisotopic (exact) mass is 641 g/mol. The molecule has 5 aromatic rings. The second kappa shape index (κ2) is 13.4. The molecule has 1 fully saturated rings. The van der Waals surface area contributed by atoms with Gasteiger partial charge in [-0.05, 0) is 55.1 Å². The van der Waals surface area contributed by atoms with E-state index in [4.69, 9.17) is 9.72 Å². The van der Waals surface area contributed by atoms with E-state index in [0.717, 1.165) is 46.6 Å². The Labute approximate surface area is 259 Å². The highest BCUT2D eigenvalue weighted by atomic mass is 32.2. The van der Waals surface area contributed by atoms with E-state index in [1.807, 2.05) is 18.2 Å². The zero-order valence-corrected chi connectivity index (χ0v) is 26.0. The maximum Gasteiger partial charge on any atom is 0.286 e. The largest absolute Gasteiger partial charge is 0.372 e. The summed E-state index contributed by atoms with van der Waals surface area (Å²) in [5.41, 5.74) is 1.34. The molecule has 0 radical (unpaired) electrons. The number of ether oxygens (including phenoxy) is 1. The van der Waals surface area contributed by atoms with Crippen LogP contribution in [0.1, 0.15) is 26.7 Å². The third kappa shape index (κ3) is 6.90. The molecule has 0 N–H and O–H groups in total. The lowest BCUT2D eigenvalue weighted by atomic mass is 10.1. The quantitative estimate of drug-likeness (QED) is 0.0809. The molecule has 1 saturated heterocycles. The fraction of sp³-hybridized carbons (Fsp3) is 0.286. The molecule has 0 aliphatic carbocycles. The Bertz CT molecular complexity index is 1700. The van der Waals surface area contributed by atoms with Crippen LogP contribution >= 0.6 is 47.3 Å². The molecule has 3 heterocycles. The van der Waals surface area contributed by atoms with Crippen molar-refractivity contribution in [1.82, 2.24) is 14.3 Å². The third-order valence-corrected chi connectivity index (χ3v) is 10.1. The molecule has 2 atom stereocenters. The minimum absolute atomic E-state index is 0.254. The van der Waals surface area contributed by atoms with Gasteiger partial charge >= 0.3 is 0 Å². The molecule has 0 spiro atoms. The van der Waals surface area contributed by atoms with Crippen molar-refractivity contribution < 1.29 is 14.6 Å². The van der Waals surface area contributed by atoms with E-state index < -0.39 is 9.85 Å². The Morgan fingerprint density at radius 3 is 2.31 bits per heavy atom. The van der Waals surface area contributed by atoms with E-state index in [2.05, 4.69) is 54.0 Å². The highest BCUT2D eigenvalue weighted by Crippen LogP contribution is 2.39. The van der Waals surface area contributed by atoms with Crippen LogP contribution in [0.2, 0.25) is 0 Å². The van der Waals surface area contributed by atoms with Crippen molar-refractivity contribution in [1.29, 1.82) is 0 Å². The van der Waals surface area contributed by atoms with E-state index in [1.54, 1.807) is 29.4 Å². The van der Waals surface area contributed by atoms with Gasteiger partial charge in [0, 0.05) is 24.1 Å². The summed E-state index contributed by atoms with van der Waals surface area (Å²) in [6.07, 6.45) is 2.87. The van der Waals surface area contributed by atoms with Gasteiger partial charge in [-0.3, -0.25) is 20.2 Å². The molecule has 2 unspecified atom stereocenters. The maximum atomic E-state index is 11.2. The van der Waals surface area contributed by atoms with Crippen LogP contribution in [0.25, 0.3) is 31.0 Å². The van der Waals surface area contributed by atoms with E-state index in [-0.39, 0.29) is 16.9 Å². The van der Waals surface area contributed by atoms with E-state index in [0.29, 0.717) is 27.6 Å². The molecular formula is C28H27N5O5S4. The smallest absolute Gasteiger partial charge is 0.286 e. The Morgan fingerprint density at radius 1 is 0.952 bits per heavy atom. The van der Waals surface area contributed by atoms with Gasteiger partial charge in [0.05, 0.1) is 54.1 Å². The predicted molar refractivity (Wildman–Crippen MR) is 172 cm³/mol.